The largest absolute Gasteiger partial charge is 0.481 e. The molecule has 0 radical (unpaired) electrons. The average Bonchev–Trinajstić information content (AvgIpc) is 2.98. The van der Waals surface area contributed by atoms with Gasteiger partial charge in [0, 0.05) is 25.6 Å². The van der Waals surface area contributed by atoms with Gasteiger partial charge in [0.25, 0.3) is 0 Å². The fraction of sp³-hybridized carbons (Fsp3) is 0.333. The van der Waals surface area contributed by atoms with Crippen molar-refractivity contribution in [2.75, 3.05) is 11.4 Å². The third-order valence-corrected chi connectivity index (χ3v) is 4.75. The van der Waals surface area contributed by atoms with Crippen LogP contribution in [0.15, 0.2) is 42.5 Å². The maximum Gasteiger partial charge on any atom is 0.303 e. The van der Waals surface area contributed by atoms with Crippen LogP contribution in [0.3, 0.4) is 0 Å². The zero-order chi connectivity index (χ0) is 18.0. The van der Waals surface area contributed by atoms with Gasteiger partial charge in [0.1, 0.15) is 0 Å². The molecule has 0 bridgehead atoms. The van der Waals surface area contributed by atoms with E-state index in [9.17, 15) is 9.59 Å². The third-order valence-electron chi connectivity index (χ3n) is 4.75. The van der Waals surface area contributed by atoms with Crippen molar-refractivity contribution < 1.29 is 14.7 Å². The lowest BCUT2D eigenvalue weighted by molar-refractivity contribution is -0.137. The number of rotatable bonds is 5. The molecule has 0 fully saturated rings. The molecule has 1 aliphatic heterocycles. The summed E-state index contributed by atoms with van der Waals surface area (Å²) in [4.78, 5) is 24.2. The maximum absolute atomic E-state index is 11.6. The van der Waals surface area contributed by atoms with Crippen molar-refractivity contribution >= 4 is 17.6 Å². The van der Waals surface area contributed by atoms with Crippen LogP contribution in [0.2, 0.25) is 0 Å². The number of carbonyl (C=O) groups is 2. The minimum Gasteiger partial charge on any atom is -0.481 e. The number of fused-ring (bicyclic) bond motifs is 1. The van der Waals surface area contributed by atoms with Gasteiger partial charge in [-0.15, -0.1) is 0 Å². The first-order valence-corrected chi connectivity index (χ1v) is 8.66. The van der Waals surface area contributed by atoms with E-state index >= 15 is 0 Å². The van der Waals surface area contributed by atoms with Gasteiger partial charge >= 0.3 is 5.97 Å². The number of carbonyl (C=O) groups excluding carboxylic acids is 1. The summed E-state index contributed by atoms with van der Waals surface area (Å²) in [5.41, 5.74) is 5.68. The summed E-state index contributed by atoms with van der Waals surface area (Å²) in [6.07, 6.45) is 1.86. The second-order valence-electron chi connectivity index (χ2n) is 6.87. The predicted octanol–water partition coefficient (Wildman–Crippen LogP) is 3.92. The highest BCUT2D eigenvalue weighted by Crippen LogP contribution is 2.32. The molecule has 0 saturated carbocycles. The molecule has 0 aliphatic carbocycles. The van der Waals surface area contributed by atoms with Crippen molar-refractivity contribution in [2.45, 2.75) is 33.1 Å². The van der Waals surface area contributed by atoms with E-state index < -0.39 is 5.97 Å². The second kappa shape index (κ2) is 7.09. The summed E-state index contributed by atoms with van der Waals surface area (Å²) in [5.74, 6) is -0.533. The van der Waals surface area contributed by atoms with E-state index in [-0.39, 0.29) is 18.2 Å². The Morgan fingerprint density at radius 2 is 1.80 bits per heavy atom. The van der Waals surface area contributed by atoms with Gasteiger partial charge in [0.05, 0.1) is 0 Å². The van der Waals surface area contributed by atoms with Crippen LogP contribution in [-0.2, 0) is 22.4 Å². The normalized spacial score (nSPS) is 14.2. The summed E-state index contributed by atoms with van der Waals surface area (Å²) < 4.78 is 0. The Balaban J connectivity index is 1.75. The van der Waals surface area contributed by atoms with Crippen LogP contribution >= 0.6 is 0 Å². The summed E-state index contributed by atoms with van der Waals surface area (Å²) in [5, 5.41) is 8.86. The molecule has 2 aromatic rings. The molecular formula is C21H23NO3. The zero-order valence-electron chi connectivity index (χ0n) is 14.7. The van der Waals surface area contributed by atoms with E-state index in [1.54, 1.807) is 6.92 Å². The van der Waals surface area contributed by atoms with E-state index in [1.165, 1.54) is 5.56 Å². The Kier molecular flexibility index (Phi) is 4.88. The average molecular weight is 337 g/mol. The van der Waals surface area contributed by atoms with Crippen molar-refractivity contribution in [1.29, 1.82) is 0 Å². The number of nitrogens with zero attached hydrogens (tertiary/aromatic N) is 1. The first-order valence-electron chi connectivity index (χ1n) is 8.66. The molecule has 1 atom stereocenters. The minimum absolute atomic E-state index is 0.0892. The molecule has 4 heteroatoms. The van der Waals surface area contributed by atoms with Gasteiger partial charge in [-0.3, -0.25) is 9.59 Å². The Morgan fingerprint density at radius 3 is 2.44 bits per heavy atom. The Hall–Kier alpha value is -2.62. The predicted molar refractivity (Wildman–Crippen MR) is 98.7 cm³/mol. The van der Waals surface area contributed by atoms with Gasteiger partial charge in [0.2, 0.25) is 5.91 Å². The molecule has 0 aromatic heterocycles. The van der Waals surface area contributed by atoms with Gasteiger partial charge in [-0.25, -0.2) is 0 Å². The number of carboxylic acid groups (broad SMARTS) is 1. The quantitative estimate of drug-likeness (QED) is 0.900. The minimum atomic E-state index is -0.748. The van der Waals surface area contributed by atoms with Crippen LogP contribution in [0, 0.1) is 5.92 Å². The smallest absolute Gasteiger partial charge is 0.303 e. The summed E-state index contributed by atoms with van der Waals surface area (Å²) in [6.45, 7) is 4.32. The van der Waals surface area contributed by atoms with E-state index in [4.69, 9.17) is 5.11 Å². The number of amides is 1. The second-order valence-corrected chi connectivity index (χ2v) is 6.87. The number of benzene rings is 2. The molecule has 4 nitrogen and oxygen atoms in total. The van der Waals surface area contributed by atoms with Crippen LogP contribution in [0.25, 0.3) is 11.1 Å². The van der Waals surface area contributed by atoms with Crippen molar-refractivity contribution in [2.24, 2.45) is 5.92 Å². The molecule has 0 spiro atoms. The van der Waals surface area contributed by atoms with Crippen molar-refractivity contribution in [3.8, 4) is 11.1 Å². The van der Waals surface area contributed by atoms with E-state index in [1.807, 2.05) is 17.9 Å². The topological polar surface area (TPSA) is 57.6 Å². The number of anilines is 1. The van der Waals surface area contributed by atoms with Crippen molar-refractivity contribution in [3.63, 3.8) is 0 Å². The number of aliphatic carboxylic acids is 1. The molecule has 25 heavy (non-hydrogen) atoms. The van der Waals surface area contributed by atoms with Gasteiger partial charge < -0.3 is 10.0 Å². The fourth-order valence-electron chi connectivity index (χ4n) is 3.51. The van der Waals surface area contributed by atoms with Gasteiger partial charge in [-0.05, 0) is 53.1 Å². The number of carboxylic acids is 1. The Bertz CT molecular complexity index is 795. The first-order chi connectivity index (χ1) is 11.9. The van der Waals surface area contributed by atoms with E-state index in [0.29, 0.717) is 0 Å². The molecular weight excluding hydrogens is 314 g/mol. The summed E-state index contributed by atoms with van der Waals surface area (Å²) in [6, 6.07) is 14.6. The molecule has 1 N–H and O–H groups in total. The molecule has 1 heterocycles. The lowest BCUT2D eigenvalue weighted by Gasteiger charge is -2.15. The molecule has 130 valence electrons. The number of hydrogen-bond donors (Lipinski definition) is 1. The lowest BCUT2D eigenvalue weighted by atomic mass is 9.95. The molecule has 2 aromatic carbocycles. The van der Waals surface area contributed by atoms with Crippen LogP contribution in [-0.4, -0.2) is 23.5 Å². The van der Waals surface area contributed by atoms with Crippen LogP contribution in [0.5, 0.6) is 0 Å². The molecule has 0 saturated heterocycles. The third kappa shape index (κ3) is 3.90. The first kappa shape index (κ1) is 17.2. The number of hydrogen-bond acceptors (Lipinski definition) is 2. The Labute approximate surface area is 148 Å². The van der Waals surface area contributed by atoms with Crippen molar-refractivity contribution in [3.05, 3.63) is 53.6 Å². The van der Waals surface area contributed by atoms with Crippen molar-refractivity contribution in [1.82, 2.24) is 0 Å². The highest BCUT2D eigenvalue weighted by molar-refractivity contribution is 5.94. The molecule has 1 unspecified atom stereocenters. The van der Waals surface area contributed by atoms with E-state index in [2.05, 4.69) is 36.4 Å². The van der Waals surface area contributed by atoms with Crippen LogP contribution in [0.1, 0.15) is 31.4 Å². The lowest BCUT2D eigenvalue weighted by Crippen LogP contribution is -2.25. The van der Waals surface area contributed by atoms with Crippen LogP contribution in [0.4, 0.5) is 5.69 Å². The summed E-state index contributed by atoms with van der Waals surface area (Å²) in [7, 11) is 0. The van der Waals surface area contributed by atoms with Gasteiger partial charge in [-0.1, -0.05) is 37.3 Å². The van der Waals surface area contributed by atoms with Gasteiger partial charge in [-0.2, -0.15) is 0 Å². The standard InChI is InChI=1S/C21H23NO3/c1-14(12-21(24)25)11-16-3-5-17(6-4-16)18-7-8-20-19(13-18)9-10-22(20)15(2)23/h3-8,13-14H,9-12H2,1-2H3,(H,24,25). The molecule has 1 amide bonds. The maximum atomic E-state index is 11.6. The summed E-state index contributed by atoms with van der Waals surface area (Å²) >= 11 is 0. The molecule has 3 rings (SSSR count). The monoisotopic (exact) mass is 337 g/mol. The highest BCUT2D eigenvalue weighted by atomic mass is 16.4. The zero-order valence-corrected chi connectivity index (χ0v) is 14.7. The molecule has 1 aliphatic rings. The van der Waals surface area contributed by atoms with Crippen LogP contribution < -0.4 is 4.90 Å². The highest BCUT2D eigenvalue weighted by Gasteiger charge is 2.22. The Morgan fingerprint density at radius 1 is 1.12 bits per heavy atom. The van der Waals surface area contributed by atoms with Gasteiger partial charge in [0.15, 0.2) is 0 Å². The SMILES string of the molecule is CC(=O)N1CCc2cc(-c3ccc(CC(C)CC(=O)O)cc3)ccc21. The fourth-order valence-corrected chi connectivity index (χ4v) is 3.51. The van der Waals surface area contributed by atoms with E-state index in [0.717, 1.165) is 41.8 Å².